The molecule has 1 saturated heterocycles. The highest BCUT2D eigenvalue weighted by molar-refractivity contribution is 7.12. The van der Waals surface area contributed by atoms with Crippen molar-refractivity contribution in [2.45, 2.75) is 6.54 Å². The number of carbonyl (C=O) groups excluding carboxylic acids is 2. The van der Waals surface area contributed by atoms with Crippen molar-refractivity contribution in [1.29, 1.82) is 0 Å². The van der Waals surface area contributed by atoms with Gasteiger partial charge < -0.3 is 25.6 Å². The molecular weight excluding hydrogens is 414 g/mol. The first kappa shape index (κ1) is 20.8. The average Bonchev–Trinajstić information content (AvgIpc) is 3.34. The highest BCUT2D eigenvalue weighted by Crippen LogP contribution is 2.18. The summed E-state index contributed by atoms with van der Waals surface area (Å²) in [4.78, 5) is 31.8. The summed E-state index contributed by atoms with van der Waals surface area (Å²) in [6.07, 6.45) is 1.75. The number of hydrogen-bond donors (Lipinski definition) is 3. The number of carbonyl (C=O) groups is 2. The summed E-state index contributed by atoms with van der Waals surface area (Å²) >= 11 is 1.37. The molecule has 3 amide bonds. The predicted molar refractivity (Wildman–Crippen MR) is 122 cm³/mol. The Bertz CT molecular complexity index is 1040. The maximum absolute atomic E-state index is 12.3. The number of nitrogens with zero attached hydrogens (tertiary/aromatic N) is 2. The zero-order chi connectivity index (χ0) is 21.5. The number of anilines is 3. The molecule has 0 spiro atoms. The van der Waals surface area contributed by atoms with Gasteiger partial charge in [0.05, 0.1) is 18.1 Å². The van der Waals surface area contributed by atoms with Gasteiger partial charge in [0.25, 0.3) is 5.91 Å². The fraction of sp³-hybridized carbons (Fsp3) is 0.227. The van der Waals surface area contributed by atoms with E-state index in [0.717, 1.165) is 24.5 Å². The van der Waals surface area contributed by atoms with Crippen LogP contribution in [0.15, 0.2) is 60.1 Å². The van der Waals surface area contributed by atoms with Crippen molar-refractivity contribution in [3.63, 3.8) is 0 Å². The van der Waals surface area contributed by atoms with Crippen LogP contribution in [0.2, 0.25) is 0 Å². The number of urea groups is 1. The van der Waals surface area contributed by atoms with Gasteiger partial charge in [0, 0.05) is 37.2 Å². The molecule has 0 aliphatic carbocycles. The van der Waals surface area contributed by atoms with E-state index in [9.17, 15) is 9.59 Å². The summed E-state index contributed by atoms with van der Waals surface area (Å²) in [6, 6.07) is 14.2. The lowest BCUT2D eigenvalue weighted by Crippen LogP contribution is -2.36. The van der Waals surface area contributed by atoms with Crippen LogP contribution in [0.1, 0.15) is 15.2 Å². The lowest BCUT2D eigenvalue weighted by Gasteiger charge is -2.28. The fourth-order valence-corrected chi connectivity index (χ4v) is 3.79. The highest BCUT2D eigenvalue weighted by Gasteiger charge is 2.13. The van der Waals surface area contributed by atoms with Gasteiger partial charge in [-0.1, -0.05) is 12.1 Å². The van der Waals surface area contributed by atoms with Gasteiger partial charge in [0.2, 0.25) is 0 Å². The molecule has 9 heteroatoms. The molecule has 0 bridgehead atoms. The number of amides is 3. The van der Waals surface area contributed by atoms with E-state index in [1.54, 1.807) is 36.5 Å². The molecule has 1 aliphatic rings. The van der Waals surface area contributed by atoms with Gasteiger partial charge in [-0.15, -0.1) is 11.3 Å². The third-order valence-electron chi connectivity index (χ3n) is 4.72. The van der Waals surface area contributed by atoms with E-state index >= 15 is 0 Å². The van der Waals surface area contributed by atoms with E-state index in [4.69, 9.17) is 4.74 Å². The molecule has 0 unspecified atom stereocenters. The molecule has 4 rings (SSSR count). The first-order valence-electron chi connectivity index (χ1n) is 9.95. The zero-order valence-electron chi connectivity index (χ0n) is 16.8. The Labute approximate surface area is 184 Å². The second-order valence-corrected chi connectivity index (χ2v) is 7.89. The quantitative estimate of drug-likeness (QED) is 0.548. The fourth-order valence-electron chi connectivity index (χ4n) is 3.17. The second-order valence-electron chi connectivity index (χ2n) is 6.94. The van der Waals surface area contributed by atoms with E-state index in [1.807, 2.05) is 23.6 Å². The van der Waals surface area contributed by atoms with Gasteiger partial charge in [-0.25, -0.2) is 9.78 Å². The monoisotopic (exact) mass is 437 g/mol. The molecule has 8 nitrogen and oxygen atoms in total. The molecule has 31 heavy (non-hydrogen) atoms. The van der Waals surface area contributed by atoms with Gasteiger partial charge in [0.1, 0.15) is 5.82 Å². The number of rotatable bonds is 6. The van der Waals surface area contributed by atoms with Crippen molar-refractivity contribution in [2.75, 3.05) is 41.8 Å². The molecular formula is C22H23N5O3S. The van der Waals surface area contributed by atoms with Gasteiger partial charge in [-0.2, -0.15) is 0 Å². The minimum absolute atomic E-state index is 0.176. The third-order valence-corrected chi connectivity index (χ3v) is 5.59. The van der Waals surface area contributed by atoms with Gasteiger partial charge >= 0.3 is 6.03 Å². The SMILES string of the molecule is O=C(NCc1ccnc(N2CCOCC2)c1)Nc1cccc(NC(=O)c2cccs2)c1. The number of nitrogens with one attached hydrogen (secondary N) is 3. The molecule has 160 valence electrons. The Morgan fingerprint density at radius 2 is 1.84 bits per heavy atom. The topological polar surface area (TPSA) is 95.6 Å². The van der Waals surface area contributed by atoms with E-state index in [2.05, 4.69) is 25.8 Å². The summed E-state index contributed by atoms with van der Waals surface area (Å²) in [5, 5.41) is 10.3. The molecule has 0 radical (unpaired) electrons. The Kier molecular flexibility index (Phi) is 6.75. The average molecular weight is 438 g/mol. The second kappa shape index (κ2) is 10.1. The first-order valence-corrected chi connectivity index (χ1v) is 10.8. The van der Waals surface area contributed by atoms with E-state index in [1.165, 1.54) is 11.3 Å². The van der Waals surface area contributed by atoms with Gasteiger partial charge in [0.15, 0.2) is 0 Å². The molecule has 0 saturated carbocycles. The summed E-state index contributed by atoms with van der Waals surface area (Å²) in [7, 11) is 0. The summed E-state index contributed by atoms with van der Waals surface area (Å²) in [6.45, 7) is 3.38. The van der Waals surface area contributed by atoms with Gasteiger partial charge in [-0.3, -0.25) is 4.79 Å². The lowest BCUT2D eigenvalue weighted by atomic mass is 10.2. The summed E-state index contributed by atoms with van der Waals surface area (Å²) < 4.78 is 5.38. The first-order chi connectivity index (χ1) is 15.2. The highest BCUT2D eigenvalue weighted by atomic mass is 32.1. The summed E-state index contributed by atoms with van der Waals surface area (Å²) in [5.74, 6) is 0.711. The van der Waals surface area contributed by atoms with Crippen LogP contribution in [0, 0.1) is 0 Å². The number of ether oxygens (including phenoxy) is 1. The number of hydrogen-bond acceptors (Lipinski definition) is 6. The number of morpholine rings is 1. The molecule has 3 N–H and O–H groups in total. The number of aromatic nitrogens is 1. The molecule has 0 atom stereocenters. The number of pyridine rings is 1. The smallest absolute Gasteiger partial charge is 0.319 e. The Morgan fingerprint density at radius 3 is 2.61 bits per heavy atom. The van der Waals surface area contributed by atoms with Crippen LogP contribution in [0.5, 0.6) is 0 Å². The lowest BCUT2D eigenvalue weighted by molar-refractivity contribution is 0.103. The Morgan fingerprint density at radius 1 is 1.03 bits per heavy atom. The van der Waals surface area contributed by atoms with Gasteiger partial charge in [-0.05, 0) is 47.3 Å². The van der Waals surface area contributed by atoms with Crippen molar-refractivity contribution < 1.29 is 14.3 Å². The van der Waals surface area contributed by atoms with Crippen molar-refractivity contribution in [3.05, 3.63) is 70.5 Å². The van der Waals surface area contributed by atoms with Crippen LogP contribution in [0.4, 0.5) is 22.0 Å². The van der Waals surface area contributed by atoms with Crippen LogP contribution in [0.3, 0.4) is 0 Å². The van der Waals surface area contributed by atoms with Crippen LogP contribution in [0.25, 0.3) is 0 Å². The summed E-state index contributed by atoms with van der Waals surface area (Å²) in [5.41, 5.74) is 2.16. The van der Waals surface area contributed by atoms with Crippen molar-refractivity contribution in [3.8, 4) is 0 Å². The van der Waals surface area contributed by atoms with Crippen molar-refractivity contribution in [2.24, 2.45) is 0 Å². The van der Waals surface area contributed by atoms with Crippen LogP contribution < -0.4 is 20.9 Å². The third kappa shape index (κ3) is 5.80. The number of benzene rings is 1. The van der Waals surface area contributed by atoms with Crippen molar-refractivity contribution >= 4 is 40.5 Å². The Hall–Kier alpha value is -3.43. The molecule has 3 heterocycles. The largest absolute Gasteiger partial charge is 0.378 e. The maximum Gasteiger partial charge on any atom is 0.319 e. The predicted octanol–water partition coefficient (Wildman–Crippen LogP) is 3.55. The zero-order valence-corrected chi connectivity index (χ0v) is 17.7. The number of thiophene rings is 1. The van der Waals surface area contributed by atoms with Crippen LogP contribution >= 0.6 is 11.3 Å². The Balaban J connectivity index is 1.30. The molecule has 3 aromatic rings. The minimum atomic E-state index is -0.327. The molecule has 1 aromatic carbocycles. The van der Waals surface area contributed by atoms with Crippen molar-refractivity contribution in [1.82, 2.24) is 10.3 Å². The molecule has 1 aliphatic heterocycles. The van der Waals surface area contributed by atoms with E-state index < -0.39 is 0 Å². The molecule has 2 aromatic heterocycles. The maximum atomic E-state index is 12.3. The standard InChI is InChI=1S/C22H23N5O3S/c28-21(19-5-2-12-31-19)25-17-3-1-4-18(14-17)26-22(29)24-15-16-6-7-23-20(13-16)27-8-10-30-11-9-27/h1-7,12-14H,8-11,15H2,(H,25,28)(H2,24,26,29). The van der Waals surface area contributed by atoms with E-state index in [0.29, 0.717) is 36.0 Å². The van der Waals surface area contributed by atoms with Crippen LogP contribution in [-0.2, 0) is 11.3 Å². The minimum Gasteiger partial charge on any atom is -0.378 e. The normalized spacial score (nSPS) is 13.5. The van der Waals surface area contributed by atoms with Crippen LogP contribution in [-0.4, -0.2) is 43.2 Å². The molecule has 1 fully saturated rings. The van der Waals surface area contributed by atoms with E-state index in [-0.39, 0.29) is 11.9 Å².